The van der Waals surface area contributed by atoms with Crippen LogP contribution in [-0.4, -0.2) is 67.3 Å². The summed E-state index contributed by atoms with van der Waals surface area (Å²) >= 11 is 0. The smallest absolute Gasteiger partial charge is 0.247 e. The normalized spacial score (nSPS) is 13.7. The lowest BCUT2D eigenvalue weighted by Crippen LogP contribution is -2.44. The number of piperazine rings is 1. The van der Waals surface area contributed by atoms with Gasteiger partial charge in [-0.2, -0.15) is 4.98 Å². The number of amides is 1. The number of hydrogen-bond acceptors (Lipinski definition) is 9. The van der Waals surface area contributed by atoms with Crippen molar-refractivity contribution >= 4 is 41.0 Å². The van der Waals surface area contributed by atoms with Crippen LogP contribution in [0.5, 0.6) is 5.75 Å². The van der Waals surface area contributed by atoms with E-state index in [0.29, 0.717) is 28.3 Å². The van der Waals surface area contributed by atoms with Crippen LogP contribution >= 0.6 is 0 Å². The van der Waals surface area contributed by atoms with Gasteiger partial charge in [0.25, 0.3) is 0 Å². The quantitative estimate of drug-likeness (QED) is 0.281. The Morgan fingerprint density at radius 1 is 1.14 bits per heavy atom. The summed E-state index contributed by atoms with van der Waals surface area (Å²) in [6.45, 7) is 7.43. The van der Waals surface area contributed by atoms with E-state index < -0.39 is 0 Å². The summed E-state index contributed by atoms with van der Waals surface area (Å²) in [6.07, 6.45) is 2.30. The van der Waals surface area contributed by atoms with Crippen LogP contribution in [0.25, 0.3) is 11.3 Å². The van der Waals surface area contributed by atoms with Crippen molar-refractivity contribution in [3.63, 3.8) is 0 Å². The number of hydrogen-bond donors (Lipinski definition) is 4. The molecular formula is C26H30N8O2. The molecule has 3 aromatic rings. The molecule has 4 rings (SSSR count). The van der Waals surface area contributed by atoms with Crippen LogP contribution in [0.15, 0.2) is 55.1 Å². The van der Waals surface area contributed by atoms with Crippen molar-refractivity contribution in [1.29, 1.82) is 5.41 Å². The number of likely N-dealkylation sites (N-methyl/N-ethyl adjacent to an activating group) is 1. The van der Waals surface area contributed by atoms with Crippen LogP contribution in [0.3, 0.4) is 0 Å². The lowest BCUT2D eigenvalue weighted by Gasteiger charge is -2.34. The fourth-order valence-electron chi connectivity index (χ4n) is 4.03. The molecule has 5 N–H and O–H groups in total. The fraction of sp³-hybridized carbons (Fsp3) is 0.231. The van der Waals surface area contributed by atoms with E-state index in [0.717, 1.165) is 43.8 Å². The molecule has 1 aromatic heterocycles. The number of anilines is 5. The Hall–Kier alpha value is -4.44. The van der Waals surface area contributed by atoms with Gasteiger partial charge in [0.1, 0.15) is 11.6 Å². The van der Waals surface area contributed by atoms with E-state index in [2.05, 4.69) is 56.2 Å². The number of carbonyl (C=O) groups excluding carboxylic acids is 1. The van der Waals surface area contributed by atoms with E-state index in [1.165, 1.54) is 6.08 Å². The molecule has 0 spiro atoms. The zero-order chi connectivity index (χ0) is 25.7. The third-order valence-electron chi connectivity index (χ3n) is 6.00. The highest BCUT2D eigenvalue weighted by Crippen LogP contribution is 2.35. The van der Waals surface area contributed by atoms with Gasteiger partial charge in [0.05, 0.1) is 18.4 Å². The minimum atomic E-state index is -0.344. The van der Waals surface area contributed by atoms with Gasteiger partial charge in [-0.15, -0.1) is 0 Å². The van der Waals surface area contributed by atoms with Gasteiger partial charge in [-0.3, -0.25) is 4.79 Å². The van der Waals surface area contributed by atoms with Gasteiger partial charge in [-0.1, -0.05) is 12.6 Å². The monoisotopic (exact) mass is 486 g/mol. The van der Waals surface area contributed by atoms with Crippen molar-refractivity contribution in [2.24, 2.45) is 0 Å². The average Bonchev–Trinajstić information content (AvgIpc) is 2.89. The lowest BCUT2D eigenvalue weighted by molar-refractivity contribution is -0.111. The maximum atomic E-state index is 11.8. The molecule has 186 valence electrons. The van der Waals surface area contributed by atoms with Crippen molar-refractivity contribution < 1.29 is 9.53 Å². The first-order valence-electron chi connectivity index (χ1n) is 11.5. The zero-order valence-corrected chi connectivity index (χ0v) is 20.4. The molecule has 1 saturated heterocycles. The number of rotatable bonds is 8. The highest BCUT2D eigenvalue weighted by Gasteiger charge is 2.19. The van der Waals surface area contributed by atoms with E-state index in [1.54, 1.807) is 25.3 Å². The molecule has 2 heterocycles. The Balaban J connectivity index is 1.69. The summed E-state index contributed by atoms with van der Waals surface area (Å²) in [5.74, 6) is 0.598. The van der Waals surface area contributed by atoms with Gasteiger partial charge in [0.15, 0.2) is 0 Å². The van der Waals surface area contributed by atoms with Crippen LogP contribution < -0.4 is 26.0 Å². The summed E-state index contributed by atoms with van der Waals surface area (Å²) in [7, 11) is 3.67. The third-order valence-corrected chi connectivity index (χ3v) is 6.00. The van der Waals surface area contributed by atoms with Crippen molar-refractivity contribution in [1.82, 2.24) is 14.9 Å². The summed E-state index contributed by atoms with van der Waals surface area (Å²) in [4.78, 5) is 25.5. The van der Waals surface area contributed by atoms with Gasteiger partial charge in [-0.05, 0) is 49.5 Å². The molecule has 1 aliphatic heterocycles. The molecule has 10 nitrogen and oxygen atoms in total. The van der Waals surface area contributed by atoms with E-state index >= 15 is 0 Å². The Kier molecular flexibility index (Phi) is 7.45. The van der Waals surface area contributed by atoms with Gasteiger partial charge in [-0.25, -0.2) is 4.98 Å². The van der Waals surface area contributed by atoms with Crippen LogP contribution in [0, 0.1) is 5.41 Å². The molecular weight excluding hydrogens is 456 g/mol. The standard InChI is InChI=1S/C26H30N8O2/c1-4-23(35)29-18-8-9-22(36-3)20(15-18)24-21(16-27)25(28)32-26(31-24)30-17-6-5-7-19(14-17)34-12-10-33(2)11-13-34/h4-9,14-16,27H,1,10-13H2,2-3H3,(H,29,35)(H3,28,30,31,32). The Morgan fingerprint density at radius 3 is 2.61 bits per heavy atom. The van der Waals surface area contributed by atoms with Gasteiger partial charge >= 0.3 is 0 Å². The molecule has 1 fully saturated rings. The molecule has 0 bridgehead atoms. The average molecular weight is 487 g/mol. The number of benzene rings is 2. The zero-order valence-electron chi connectivity index (χ0n) is 20.4. The van der Waals surface area contributed by atoms with Gasteiger partial charge in [0, 0.05) is 55.0 Å². The Bertz CT molecular complexity index is 1280. The van der Waals surface area contributed by atoms with Crippen LogP contribution in [0.4, 0.5) is 28.8 Å². The molecule has 0 radical (unpaired) electrons. The predicted octanol–water partition coefficient (Wildman–Crippen LogP) is 3.35. The van der Waals surface area contributed by atoms with E-state index in [4.69, 9.17) is 15.9 Å². The third kappa shape index (κ3) is 5.44. The molecule has 1 amide bonds. The number of nitrogen functional groups attached to an aromatic ring is 1. The molecule has 1 aliphatic rings. The number of methoxy groups -OCH3 is 1. The topological polar surface area (TPSA) is 132 Å². The number of nitrogens with two attached hydrogens (primary N) is 1. The summed E-state index contributed by atoms with van der Waals surface area (Å²) < 4.78 is 5.54. The molecule has 0 aliphatic carbocycles. The van der Waals surface area contributed by atoms with Crippen molar-refractivity contribution in [3.05, 3.63) is 60.7 Å². The number of aromatic nitrogens is 2. The molecule has 2 aromatic carbocycles. The van der Waals surface area contributed by atoms with Crippen molar-refractivity contribution in [2.45, 2.75) is 0 Å². The largest absolute Gasteiger partial charge is 0.496 e. The second-order valence-corrected chi connectivity index (χ2v) is 8.41. The van der Waals surface area contributed by atoms with Crippen LogP contribution in [0.1, 0.15) is 5.56 Å². The fourth-order valence-corrected chi connectivity index (χ4v) is 4.03. The molecule has 0 saturated carbocycles. The van der Waals surface area contributed by atoms with Crippen LogP contribution in [0.2, 0.25) is 0 Å². The SMILES string of the molecule is C=CC(=O)Nc1ccc(OC)c(-c2nc(Nc3cccc(N4CCN(C)CC4)c3)nc(N)c2C=N)c1. The first kappa shape index (κ1) is 24.7. The first-order chi connectivity index (χ1) is 17.4. The molecule has 0 unspecified atom stereocenters. The van der Waals surface area contributed by atoms with Crippen molar-refractivity contribution in [3.8, 4) is 17.0 Å². The van der Waals surface area contributed by atoms with Gasteiger partial charge in [0.2, 0.25) is 11.9 Å². The maximum absolute atomic E-state index is 11.8. The Labute approximate surface area is 210 Å². The van der Waals surface area contributed by atoms with E-state index in [9.17, 15) is 4.79 Å². The molecule has 0 atom stereocenters. The molecule has 10 heteroatoms. The maximum Gasteiger partial charge on any atom is 0.247 e. The second-order valence-electron chi connectivity index (χ2n) is 8.41. The molecule has 36 heavy (non-hydrogen) atoms. The number of nitrogens with zero attached hydrogens (tertiary/aromatic N) is 4. The van der Waals surface area contributed by atoms with E-state index in [1.807, 2.05) is 12.1 Å². The summed E-state index contributed by atoms with van der Waals surface area (Å²) in [5, 5.41) is 13.9. The minimum absolute atomic E-state index is 0.148. The number of nitrogens with one attached hydrogen (secondary N) is 3. The second kappa shape index (κ2) is 10.9. The summed E-state index contributed by atoms with van der Waals surface area (Å²) in [5.41, 5.74) is 10.0. The number of ether oxygens (including phenoxy) is 1. The lowest BCUT2D eigenvalue weighted by atomic mass is 10.0. The highest BCUT2D eigenvalue weighted by atomic mass is 16.5. The van der Waals surface area contributed by atoms with E-state index in [-0.39, 0.29) is 17.7 Å². The predicted molar refractivity (Wildman–Crippen MR) is 145 cm³/mol. The van der Waals surface area contributed by atoms with Crippen molar-refractivity contribution in [2.75, 3.05) is 61.6 Å². The number of carbonyl (C=O) groups is 1. The highest BCUT2D eigenvalue weighted by molar-refractivity contribution is 6.00. The first-order valence-corrected chi connectivity index (χ1v) is 11.5. The van der Waals surface area contributed by atoms with Crippen LogP contribution in [-0.2, 0) is 4.79 Å². The summed E-state index contributed by atoms with van der Waals surface area (Å²) in [6, 6.07) is 13.2. The van der Waals surface area contributed by atoms with Gasteiger partial charge < -0.3 is 36.3 Å². The Morgan fingerprint density at radius 2 is 1.92 bits per heavy atom. The minimum Gasteiger partial charge on any atom is -0.496 e.